The minimum atomic E-state index is 0.386. The Morgan fingerprint density at radius 1 is 1.64 bits per heavy atom. The summed E-state index contributed by atoms with van der Waals surface area (Å²) in [5.41, 5.74) is 1.31. The van der Waals surface area contributed by atoms with Gasteiger partial charge < -0.3 is 4.74 Å². The fourth-order valence-corrected chi connectivity index (χ4v) is 1.42. The number of nitrogens with zero attached hydrogens (tertiary/aromatic N) is 1. The van der Waals surface area contributed by atoms with Gasteiger partial charge in [0.05, 0.1) is 5.56 Å². The molecule has 0 bridgehead atoms. The fraction of sp³-hybridized carbons (Fsp3) is 0.182. The van der Waals surface area contributed by atoms with Crippen LogP contribution in [0.2, 0.25) is 5.02 Å². The molecule has 0 N–H and O–H groups in total. The first-order chi connectivity index (χ1) is 6.69. The van der Waals surface area contributed by atoms with E-state index in [1.54, 1.807) is 18.2 Å². The molecule has 0 spiro atoms. The standard InChI is InChI=1S/C11H10ClNO/c1-3-4-14-11-8(2)5-10(12)6-9(11)7-13/h3,5-6H,1,4H2,2H3. The molecule has 72 valence electrons. The van der Waals surface area contributed by atoms with E-state index in [0.29, 0.717) is 22.9 Å². The van der Waals surface area contributed by atoms with Crippen LogP contribution in [0.15, 0.2) is 24.8 Å². The number of ether oxygens (including phenoxy) is 1. The molecule has 2 nitrogen and oxygen atoms in total. The van der Waals surface area contributed by atoms with Crippen molar-refractivity contribution in [2.24, 2.45) is 0 Å². The van der Waals surface area contributed by atoms with Gasteiger partial charge in [0.2, 0.25) is 0 Å². The van der Waals surface area contributed by atoms with Crippen molar-refractivity contribution in [2.75, 3.05) is 6.61 Å². The first-order valence-electron chi connectivity index (χ1n) is 4.13. The summed E-state index contributed by atoms with van der Waals surface area (Å²) in [7, 11) is 0. The Morgan fingerprint density at radius 3 is 2.93 bits per heavy atom. The van der Waals surface area contributed by atoms with Crippen LogP contribution in [0, 0.1) is 18.3 Å². The average Bonchev–Trinajstić information content (AvgIpc) is 2.15. The van der Waals surface area contributed by atoms with Crippen molar-refractivity contribution in [3.63, 3.8) is 0 Å². The number of benzene rings is 1. The largest absolute Gasteiger partial charge is 0.488 e. The van der Waals surface area contributed by atoms with Crippen molar-refractivity contribution in [1.82, 2.24) is 0 Å². The molecule has 0 aliphatic carbocycles. The number of aryl methyl sites for hydroxylation is 1. The molecule has 0 radical (unpaired) electrons. The van der Waals surface area contributed by atoms with Crippen LogP contribution in [0.5, 0.6) is 5.75 Å². The molecule has 0 atom stereocenters. The molecule has 0 aliphatic rings. The number of halogens is 1. The highest BCUT2D eigenvalue weighted by Gasteiger charge is 2.07. The van der Waals surface area contributed by atoms with E-state index < -0.39 is 0 Å². The maximum Gasteiger partial charge on any atom is 0.140 e. The predicted molar refractivity (Wildman–Crippen MR) is 56.6 cm³/mol. The Balaban J connectivity index is 3.13. The summed E-state index contributed by atoms with van der Waals surface area (Å²) in [6.07, 6.45) is 1.63. The second kappa shape index (κ2) is 4.69. The average molecular weight is 208 g/mol. The van der Waals surface area contributed by atoms with Crippen molar-refractivity contribution in [1.29, 1.82) is 5.26 Å². The van der Waals surface area contributed by atoms with E-state index in [4.69, 9.17) is 21.6 Å². The number of hydrogen-bond acceptors (Lipinski definition) is 2. The van der Waals surface area contributed by atoms with E-state index in [0.717, 1.165) is 5.56 Å². The van der Waals surface area contributed by atoms with Crippen LogP contribution in [0.25, 0.3) is 0 Å². The van der Waals surface area contributed by atoms with Gasteiger partial charge in [-0.15, -0.1) is 0 Å². The highest BCUT2D eigenvalue weighted by atomic mass is 35.5. The Morgan fingerprint density at radius 2 is 2.36 bits per heavy atom. The molecular formula is C11H10ClNO. The van der Waals surface area contributed by atoms with Crippen LogP contribution in [0.1, 0.15) is 11.1 Å². The maximum absolute atomic E-state index is 8.85. The predicted octanol–water partition coefficient (Wildman–Crippen LogP) is 3.08. The molecule has 3 heteroatoms. The van der Waals surface area contributed by atoms with Crippen molar-refractivity contribution in [3.05, 3.63) is 40.9 Å². The van der Waals surface area contributed by atoms with Crippen LogP contribution in [-0.2, 0) is 0 Å². The zero-order valence-electron chi connectivity index (χ0n) is 7.88. The third kappa shape index (κ3) is 2.27. The Hall–Kier alpha value is -1.46. The molecule has 0 unspecified atom stereocenters. The lowest BCUT2D eigenvalue weighted by Gasteiger charge is -2.09. The summed E-state index contributed by atoms with van der Waals surface area (Å²) in [5.74, 6) is 0.580. The lowest BCUT2D eigenvalue weighted by molar-refractivity contribution is 0.359. The summed E-state index contributed by atoms with van der Waals surface area (Å²) >= 11 is 5.81. The van der Waals surface area contributed by atoms with E-state index in [-0.39, 0.29) is 0 Å². The molecule has 0 saturated carbocycles. The lowest BCUT2D eigenvalue weighted by atomic mass is 10.1. The molecule has 14 heavy (non-hydrogen) atoms. The first kappa shape index (κ1) is 10.6. The molecule has 1 aromatic rings. The SMILES string of the molecule is C=CCOc1c(C)cc(Cl)cc1C#N. The van der Waals surface area contributed by atoms with E-state index in [1.807, 2.05) is 13.0 Å². The van der Waals surface area contributed by atoms with Crippen molar-refractivity contribution >= 4 is 11.6 Å². The van der Waals surface area contributed by atoms with Crippen molar-refractivity contribution in [2.45, 2.75) is 6.92 Å². The number of rotatable bonds is 3. The van der Waals surface area contributed by atoms with Gasteiger partial charge in [0.25, 0.3) is 0 Å². The quantitative estimate of drug-likeness (QED) is 0.714. The summed E-state index contributed by atoms with van der Waals surface area (Å²) in [5, 5.41) is 9.40. The second-order valence-electron chi connectivity index (χ2n) is 2.81. The van der Waals surface area contributed by atoms with Gasteiger partial charge in [-0.25, -0.2) is 0 Å². The Labute approximate surface area is 88.4 Å². The highest BCUT2D eigenvalue weighted by molar-refractivity contribution is 6.30. The third-order valence-electron chi connectivity index (χ3n) is 1.71. The molecule has 0 aliphatic heterocycles. The normalized spacial score (nSPS) is 9.21. The van der Waals surface area contributed by atoms with Crippen molar-refractivity contribution < 1.29 is 4.74 Å². The van der Waals surface area contributed by atoms with Gasteiger partial charge in [-0.1, -0.05) is 24.3 Å². The minimum absolute atomic E-state index is 0.386. The van der Waals surface area contributed by atoms with Crippen LogP contribution in [0.4, 0.5) is 0 Å². The van der Waals surface area contributed by atoms with Gasteiger partial charge >= 0.3 is 0 Å². The van der Waals surface area contributed by atoms with Crippen molar-refractivity contribution in [3.8, 4) is 11.8 Å². The monoisotopic (exact) mass is 207 g/mol. The first-order valence-corrected chi connectivity index (χ1v) is 4.50. The van der Waals surface area contributed by atoms with Crippen LogP contribution in [0.3, 0.4) is 0 Å². The highest BCUT2D eigenvalue weighted by Crippen LogP contribution is 2.27. The maximum atomic E-state index is 8.85. The van der Waals surface area contributed by atoms with Crippen LogP contribution in [-0.4, -0.2) is 6.61 Å². The lowest BCUT2D eigenvalue weighted by Crippen LogP contribution is -1.97. The number of hydrogen-bond donors (Lipinski definition) is 0. The summed E-state index contributed by atoms with van der Waals surface area (Å²) in [4.78, 5) is 0. The van der Waals surface area contributed by atoms with Gasteiger partial charge in [0.1, 0.15) is 18.4 Å². The zero-order chi connectivity index (χ0) is 10.6. The summed E-state index contributed by atoms with van der Waals surface area (Å²) in [6, 6.07) is 5.40. The minimum Gasteiger partial charge on any atom is -0.488 e. The Bertz CT molecular complexity index is 393. The molecule has 0 saturated heterocycles. The van der Waals surface area contributed by atoms with E-state index in [1.165, 1.54) is 0 Å². The molecule has 1 aromatic carbocycles. The molecule has 0 amide bonds. The second-order valence-corrected chi connectivity index (χ2v) is 3.25. The molecule has 0 aromatic heterocycles. The van der Waals surface area contributed by atoms with Crippen LogP contribution < -0.4 is 4.74 Å². The van der Waals surface area contributed by atoms with Gasteiger partial charge in [0, 0.05) is 5.02 Å². The third-order valence-corrected chi connectivity index (χ3v) is 1.92. The van der Waals surface area contributed by atoms with E-state index in [9.17, 15) is 0 Å². The van der Waals surface area contributed by atoms with Gasteiger partial charge in [-0.05, 0) is 24.6 Å². The smallest absolute Gasteiger partial charge is 0.140 e. The topological polar surface area (TPSA) is 33.0 Å². The summed E-state index contributed by atoms with van der Waals surface area (Å²) in [6.45, 7) is 5.78. The van der Waals surface area contributed by atoms with Gasteiger partial charge in [-0.3, -0.25) is 0 Å². The zero-order valence-corrected chi connectivity index (χ0v) is 8.64. The van der Waals surface area contributed by atoms with Gasteiger partial charge in [0.15, 0.2) is 0 Å². The number of nitriles is 1. The van der Waals surface area contributed by atoms with E-state index >= 15 is 0 Å². The van der Waals surface area contributed by atoms with E-state index in [2.05, 4.69) is 6.58 Å². The van der Waals surface area contributed by atoms with Crippen LogP contribution >= 0.6 is 11.6 Å². The summed E-state index contributed by atoms with van der Waals surface area (Å²) < 4.78 is 5.36. The molecule has 0 heterocycles. The Kier molecular flexibility index (Phi) is 3.55. The molecule has 1 rings (SSSR count). The molecular weight excluding hydrogens is 198 g/mol. The molecule has 0 fully saturated rings. The fourth-order valence-electron chi connectivity index (χ4n) is 1.15. The van der Waals surface area contributed by atoms with Gasteiger partial charge in [-0.2, -0.15) is 5.26 Å².